The van der Waals surface area contributed by atoms with Crippen molar-refractivity contribution in [3.8, 4) is 16.9 Å². The lowest BCUT2D eigenvalue weighted by atomic mass is 10.0. The monoisotopic (exact) mass is 350 g/mol. The molecule has 4 rings (SSSR count). The molecular formula is C20H15ClN2O2. The van der Waals surface area contributed by atoms with Crippen LogP contribution in [0, 0.1) is 0 Å². The Morgan fingerprint density at radius 1 is 1.12 bits per heavy atom. The molecule has 5 heteroatoms. The second-order valence-electron chi connectivity index (χ2n) is 6.06. The first-order valence-corrected chi connectivity index (χ1v) is 8.29. The molecule has 1 N–H and O–H groups in total. The van der Waals surface area contributed by atoms with Crippen molar-refractivity contribution in [3.05, 3.63) is 82.6 Å². The molecule has 1 aliphatic rings. The van der Waals surface area contributed by atoms with Crippen molar-refractivity contribution in [2.45, 2.75) is 13.1 Å². The number of carbonyl (C=O) groups excluding carboxylic acids is 1. The Balaban J connectivity index is 1.64. The predicted molar refractivity (Wildman–Crippen MR) is 96.4 cm³/mol. The largest absolute Gasteiger partial charge is 0.508 e. The standard InChI is InChI=1S/C20H15ClN2O2/c21-18-9-15(14-2-1-7-22-10-14)8-16-12-23(20(25)19(16)18)11-13-3-5-17(24)6-4-13/h1-10,24H,11-12H2. The Morgan fingerprint density at radius 2 is 1.92 bits per heavy atom. The Bertz CT molecular complexity index is 940. The van der Waals surface area contributed by atoms with Gasteiger partial charge in [-0.1, -0.05) is 29.8 Å². The molecule has 2 heterocycles. The van der Waals surface area contributed by atoms with E-state index in [1.807, 2.05) is 36.4 Å². The molecule has 0 atom stereocenters. The van der Waals surface area contributed by atoms with Crippen LogP contribution < -0.4 is 0 Å². The maximum atomic E-state index is 12.7. The molecule has 0 bridgehead atoms. The Labute approximate surface area is 150 Å². The van der Waals surface area contributed by atoms with Crippen molar-refractivity contribution in [1.82, 2.24) is 9.88 Å². The van der Waals surface area contributed by atoms with E-state index in [2.05, 4.69) is 4.98 Å². The third kappa shape index (κ3) is 2.96. The molecule has 1 aromatic heterocycles. The summed E-state index contributed by atoms with van der Waals surface area (Å²) in [6.45, 7) is 0.995. The van der Waals surface area contributed by atoms with Gasteiger partial charge in [-0.3, -0.25) is 9.78 Å². The van der Waals surface area contributed by atoms with Crippen molar-refractivity contribution >= 4 is 17.5 Å². The average Bonchev–Trinajstić information content (AvgIpc) is 2.94. The molecule has 3 aromatic rings. The van der Waals surface area contributed by atoms with E-state index in [4.69, 9.17) is 11.6 Å². The number of hydrogen-bond donors (Lipinski definition) is 1. The van der Waals surface area contributed by atoms with Gasteiger partial charge in [0, 0.05) is 31.0 Å². The van der Waals surface area contributed by atoms with Gasteiger partial charge in [0.2, 0.25) is 0 Å². The molecule has 0 saturated carbocycles. The topological polar surface area (TPSA) is 53.4 Å². The van der Waals surface area contributed by atoms with E-state index in [0.29, 0.717) is 23.7 Å². The molecule has 124 valence electrons. The summed E-state index contributed by atoms with van der Waals surface area (Å²) in [6, 6.07) is 14.5. The van der Waals surface area contributed by atoms with Gasteiger partial charge in [-0.2, -0.15) is 0 Å². The third-order valence-electron chi connectivity index (χ3n) is 4.34. The number of amides is 1. The molecule has 0 saturated heterocycles. The molecule has 0 radical (unpaired) electrons. The summed E-state index contributed by atoms with van der Waals surface area (Å²) in [4.78, 5) is 18.6. The minimum atomic E-state index is -0.0641. The van der Waals surface area contributed by atoms with E-state index >= 15 is 0 Å². The van der Waals surface area contributed by atoms with Crippen LogP contribution >= 0.6 is 11.6 Å². The first-order valence-electron chi connectivity index (χ1n) is 7.92. The zero-order chi connectivity index (χ0) is 17.4. The summed E-state index contributed by atoms with van der Waals surface area (Å²) in [5, 5.41) is 9.85. The number of rotatable bonds is 3. The van der Waals surface area contributed by atoms with Gasteiger partial charge in [0.05, 0.1) is 10.6 Å². The lowest BCUT2D eigenvalue weighted by Gasteiger charge is -2.15. The number of aromatic nitrogens is 1. The summed E-state index contributed by atoms with van der Waals surface area (Å²) in [7, 11) is 0. The second kappa shape index (κ2) is 6.22. The van der Waals surface area contributed by atoms with Crippen LogP contribution in [0.2, 0.25) is 5.02 Å². The zero-order valence-electron chi connectivity index (χ0n) is 13.3. The molecule has 2 aromatic carbocycles. The van der Waals surface area contributed by atoms with Gasteiger partial charge in [0.1, 0.15) is 5.75 Å². The number of pyridine rings is 1. The third-order valence-corrected chi connectivity index (χ3v) is 4.64. The number of hydrogen-bond acceptors (Lipinski definition) is 3. The van der Waals surface area contributed by atoms with Crippen LogP contribution in [0.25, 0.3) is 11.1 Å². The number of phenols is 1. The summed E-state index contributed by atoms with van der Waals surface area (Å²) < 4.78 is 0. The summed E-state index contributed by atoms with van der Waals surface area (Å²) in [5.41, 5.74) is 4.39. The zero-order valence-corrected chi connectivity index (χ0v) is 14.1. The predicted octanol–water partition coefficient (Wildman–Crippen LogP) is 4.26. The first-order chi connectivity index (χ1) is 12.1. The van der Waals surface area contributed by atoms with Crippen LogP contribution in [0.1, 0.15) is 21.5 Å². The van der Waals surface area contributed by atoms with Crippen molar-refractivity contribution in [2.75, 3.05) is 0 Å². The SMILES string of the molecule is O=C1c2c(Cl)cc(-c3cccnc3)cc2CN1Cc1ccc(O)cc1. The molecule has 1 amide bonds. The van der Waals surface area contributed by atoms with Crippen LogP contribution in [0.4, 0.5) is 0 Å². The Morgan fingerprint density at radius 3 is 2.64 bits per heavy atom. The van der Waals surface area contributed by atoms with Crippen LogP contribution in [0.3, 0.4) is 0 Å². The number of aromatic hydroxyl groups is 1. The lowest BCUT2D eigenvalue weighted by molar-refractivity contribution is 0.0767. The van der Waals surface area contributed by atoms with E-state index in [1.54, 1.807) is 29.4 Å². The molecule has 25 heavy (non-hydrogen) atoms. The normalized spacial score (nSPS) is 13.2. The maximum absolute atomic E-state index is 12.7. The van der Waals surface area contributed by atoms with E-state index in [9.17, 15) is 9.90 Å². The molecular weight excluding hydrogens is 336 g/mol. The summed E-state index contributed by atoms with van der Waals surface area (Å²) in [5.74, 6) is 0.148. The van der Waals surface area contributed by atoms with E-state index in [-0.39, 0.29) is 11.7 Å². The number of phenolic OH excluding ortho intramolecular Hbond substituents is 1. The van der Waals surface area contributed by atoms with Gasteiger partial charge in [-0.05, 0) is 47.0 Å². The van der Waals surface area contributed by atoms with Gasteiger partial charge in [0.25, 0.3) is 5.91 Å². The lowest BCUT2D eigenvalue weighted by Crippen LogP contribution is -2.23. The minimum Gasteiger partial charge on any atom is -0.508 e. The molecule has 1 aliphatic heterocycles. The molecule has 4 nitrogen and oxygen atoms in total. The van der Waals surface area contributed by atoms with Crippen LogP contribution in [-0.4, -0.2) is 20.9 Å². The number of fused-ring (bicyclic) bond motifs is 1. The highest BCUT2D eigenvalue weighted by Gasteiger charge is 2.30. The first kappa shape index (κ1) is 15.7. The number of benzene rings is 2. The van der Waals surface area contributed by atoms with Crippen molar-refractivity contribution in [1.29, 1.82) is 0 Å². The molecule has 0 unspecified atom stereocenters. The average molecular weight is 351 g/mol. The van der Waals surface area contributed by atoms with Gasteiger partial charge < -0.3 is 10.0 Å². The van der Waals surface area contributed by atoms with Gasteiger partial charge in [-0.25, -0.2) is 0 Å². The fourth-order valence-electron chi connectivity index (χ4n) is 3.11. The van der Waals surface area contributed by atoms with E-state index in [0.717, 1.165) is 22.3 Å². The highest BCUT2D eigenvalue weighted by atomic mass is 35.5. The highest BCUT2D eigenvalue weighted by molar-refractivity contribution is 6.34. The van der Waals surface area contributed by atoms with Crippen molar-refractivity contribution < 1.29 is 9.90 Å². The van der Waals surface area contributed by atoms with Gasteiger partial charge in [-0.15, -0.1) is 0 Å². The Kier molecular flexibility index (Phi) is 3.90. The van der Waals surface area contributed by atoms with Crippen molar-refractivity contribution in [3.63, 3.8) is 0 Å². The summed E-state index contributed by atoms with van der Waals surface area (Å²) in [6.07, 6.45) is 3.50. The molecule has 0 fully saturated rings. The van der Waals surface area contributed by atoms with Crippen molar-refractivity contribution in [2.24, 2.45) is 0 Å². The fraction of sp³-hybridized carbons (Fsp3) is 0.100. The Hall–Kier alpha value is -2.85. The maximum Gasteiger partial charge on any atom is 0.256 e. The van der Waals surface area contributed by atoms with Gasteiger partial charge >= 0.3 is 0 Å². The number of nitrogens with zero attached hydrogens (tertiary/aromatic N) is 2. The van der Waals surface area contributed by atoms with Crippen LogP contribution in [0.15, 0.2) is 60.9 Å². The minimum absolute atomic E-state index is 0.0641. The second-order valence-corrected chi connectivity index (χ2v) is 6.47. The van der Waals surface area contributed by atoms with Crippen LogP contribution in [0.5, 0.6) is 5.75 Å². The molecule has 0 aliphatic carbocycles. The van der Waals surface area contributed by atoms with Crippen LogP contribution in [-0.2, 0) is 13.1 Å². The molecule has 0 spiro atoms. The summed E-state index contributed by atoms with van der Waals surface area (Å²) >= 11 is 6.41. The smallest absolute Gasteiger partial charge is 0.256 e. The van der Waals surface area contributed by atoms with E-state index in [1.165, 1.54) is 0 Å². The number of carbonyl (C=O) groups is 1. The van der Waals surface area contributed by atoms with Gasteiger partial charge in [0.15, 0.2) is 0 Å². The highest BCUT2D eigenvalue weighted by Crippen LogP contribution is 2.34. The number of halogens is 1. The fourth-order valence-corrected chi connectivity index (χ4v) is 3.43. The quantitative estimate of drug-likeness (QED) is 0.767. The van der Waals surface area contributed by atoms with E-state index < -0.39 is 0 Å².